The maximum atomic E-state index is 12.8. The molecule has 2 rings (SSSR count). The van der Waals surface area contributed by atoms with Crippen LogP contribution in [0.4, 0.5) is 0 Å². The van der Waals surface area contributed by atoms with Crippen molar-refractivity contribution in [1.82, 2.24) is 0 Å². The minimum absolute atomic E-state index is 0.0598. The van der Waals surface area contributed by atoms with Crippen LogP contribution in [-0.2, 0) is 23.9 Å². The smallest absolute Gasteiger partial charge is 0.303 e. The summed E-state index contributed by atoms with van der Waals surface area (Å²) in [7, 11) is 0. The monoisotopic (exact) mass is 456 g/mol. The first kappa shape index (κ1) is 26.0. The van der Waals surface area contributed by atoms with Crippen LogP contribution >= 0.6 is 11.6 Å². The first-order chi connectivity index (χ1) is 15.0. The Labute approximate surface area is 190 Å². The molecule has 31 heavy (non-hydrogen) atoms. The molecule has 2 fully saturated rings. The Hall–Kier alpha value is -1.24. The summed E-state index contributed by atoms with van der Waals surface area (Å²) >= 11 is 5.68. The van der Waals surface area contributed by atoms with Crippen molar-refractivity contribution in [1.29, 1.82) is 0 Å². The lowest BCUT2D eigenvalue weighted by Gasteiger charge is -2.28. The Morgan fingerprint density at radius 2 is 1.87 bits per heavy atom. The minimum Gasteiger partial charge on any atom is -0.481 e. The summed E-state index contributed by atoms with van der Waals surface area (Å²) in [6.45, 7) is 0.685. The van der Waals surface area contributed by atoms with Gasteiger partial charge in [0.1, 0.15) is 5.78 Å². The molecule has 176 valence electrons. The van der Waals surface area contributed by atoms with Crippen LogP contribution in [0.2, 0.25) is 0 Å². The molecule has 0 radical (unpaired) electrons. The van der Waals surface area contributed by atoms with Crippen LogP contribution in [-0.4, -0.2) is 47.5 Å². The second-order valence-corrected chi connectivity index (χ2v) is 9.02. The highest BCUT2D eigenvalue weighted by Gasteiger charge is 2.42. The Morgan fingerprint density at radius 3 is 2.58 bits per heavy atom. The number of ether oxygens (including phenoxy) is 2. The molecule has 0 spiro atoms. The molecule has 1 saturated carbocycles. The number of allylic oxidation sites excluding steroid dienone is 1. The molecular weight excluding hydrogens is 420 g/mol. The van der Waals surface area contributed by atoms with Crippen molar-refractivity contribution in [3.63, 3.8) is 0 Å². The average molecular weight is 457 g/mol. The molecule has 0 aromatic heterocycles. The molecule has 1 heterocycles. The van der Waals surface area contributed by atoms with Gasteiger partial charge in [0.15, 0.2) is 12.1 Å². The number of unbranched alkanes of at least 4 members (excludes halogenated alkanes) is 4. The zero-order valence-corrected chi connectivity index (χ0v) is 19.2. The van der Waals surface area contributed by atoms with Gasteiger partial charge in [0.05, 0.1) is 6.10 Å². The van der Waals surface area contributed by atoms with Gasteiger partial charge in [0.25, 0.3) is 0 Å². The molecule has 7 heteroatoms. The number of carbonyl (C=O) groups is 3. The molecule has 1 N–H and O–H groups in total. The van der Waals surface area contributed by atoms with Gasteiger partial charge in [-0.25, -0.2) is 0 Å². The van der Waals surface area contributed by atoms with Crippen LogP contribution < -0.4 is 0 Å². The van der Waals surface area contributed by atoms with Gasteiger partial charge < -0.3 is 14.6 Å². The molecular formula is C24H37ClO6. The van der Waals surface area contributed by atoms with E-state index in [0.29, 0.717) is 31.7 Å². The standard InChI is InChI=1S/C24H37ClO6/c25-15-7-5-9-18(26)13-14-20-19(10-3-1-2-4-11-23(28)29)21(27)17-22(20)31-24-12-6-8-16-30-24/h13-14,19-20,22,24H,1-12,15-17H2,(H,28,29)/t19-,20+,22-,24?/m1/s1. The number of aliphatic carboxylic acids is 1. The normalized spacial score (nSPS) is 26.5. The van der Waals surface area contributed by atoms with Gasteiger partial charge in [-0.1, -0.05) is 25.3 Å². The molecule has 0 amide bonds. The predicted octanol–water partition coefficient (Wildman–Crippen LogP) is 5.06. The number of carboxylic acids is 1. The van der Waals surface area contributed by atoms with Crippen molar-refractivity contribution in [2.75, 3.05) is 12.5 Å². The quantitative estimate of drug-likeness (QED) is 0.210. The van der Waals surface area contributed by atoms with Crippen LogP contribution in [0.15, 0.2) is 12.2 Å². The number of carboxylic acid groups (broad SMARTS) is 1. The Morgan fingerprint density at radius 1 is 1.10 bits per heavy atom. The van der Waals surface area contributed by atoms with Gasteiger partial charge in [-0.05, 0) is 51.0 Å². The zero-order valence-electron chi connectivity index (χ0n) is 18.4. The number of halogens is 1. The van der Waals surface area contributed by atoms with Crippen LogP contribution in [0.5, 0.6) is 0 Å². The van der Waals surface area contributed by atoms with Crippen molar-refractivity contribution in [2.45, 2.75) is 95.9 Å². The van der Waals surface area contributed by atoms with E-state index in [-0.39, 0.29) is 42.2 Å². The van der Waals surface area contributed by atoms with E-state index in [9.17, 15) is 14.4 Å². The minimum atomic E-state index is -0.767. The number of rotatable bonds is 15. The fourth-order valence-corrected chi connectivity index (χ4v) is 4.60. The Balaban J connectivity index is 1.92. The van der Waals surface area contributed by atoms with Crippen molar-refractivity contribution >= 4 is 29.1 Å². The first-order valence-electron chi connectivity index (χ1n) is 11.8. The summed E-state index contributed by atoms with van der Waals surface area (Å²) in [5.74, 6) is -0.231. The van der Waals surface area contributed by atoms with Gasteiger partial charge in [0, 0.05) is 43.6 Å². The second kappa shape index (κ2) is 14.8. The third-order valence-corrected chi connectivity index (χ3v) is 6.41. The topological polar surface area (TPSA) is 89.9 Å². The van der Waals surface area contributed by atoms with Gasteiger partial charge in [-0.2, -0.15) is 0 Å². The fraction of sp³-hybridized carbons (Fsp3) is 0.792. The van der Waals surface area contributed by atoms with E-state index in [1.54, 1.807) is 6.08 Å². The summed E-state index contributed by atoms with van der Waals surface area (Å²) in [5.41, 5.74) is 0. The summed E-state index contributed by atoms with van der Waals surface area (Å²) in [5, 5.41) is 8.74. The largest absolute Gasteiger partial charge is 0.481 e. The molecule has 0 bridgehead atoms. The first-order valence-corrected chi connectivity index (χ1v) is 12.3. The van der Waals surface area contributed by atoms with E-state index < -0.39 is 5.97 Å². The molecule has 6 nitrogen and oxygen atoms in total. The van der Waals surface area contributed by atoms with Gasteiger partial charge in [-0.15, -0.1) is 11.6 Å². The van der Waals surface area contributed by atoms with E-state index in [2.05, 4.69) is 0 Å². The van der Waals surface area contributed by atoms with Crippen LogP contribution in [0.3, 0.4) is 0 Å². The third-order valence-electron chi connectivity index (χ3n) is 6.14. The summed E-state index contributed by atoms with van der Waals surface area (Å²) in [6.07, 6.45) is 12.6. The average Bonchev–Trinajstić information content (AvgIpc) is 3.03. The Kier molecular flexibility index (Phi) is 12.4. The van der Waals surface area contributed by atoms with Crippen LogP contribution in [0, 0.1) is 11.8 Å². The molecule has 1 aliphatic heterocycles. The van der Waals surface area contributed by atoms with Crippen LogP contribution in [0.1, 0.15) is 83.5 Å². The lowest BCUT2D eigenvalue weighted by atomic mass is 9.88. The number of hydrogen-bond donors (Lipinski definition) is 1. The van der Waals surface area contributed by atoms with Gasteiger partial charge in [0.2, 0.25) is 0 Å². The lowest BCUT2D eigenvalue weighted by molar-refractivity contribution is -0.192. The number of hydrogen-bond acceptors (Lipinski definition) is 5. The maximum absolute atomic E-state index is 12.8. The van der Waals surface area contributed by atoms with Crippen molar-refractivity contribution in [3.05, 3.63) is 12.2 Å². The highest BCUT2D eigenvalue weighted by Crippen LogP contribution is 2.37. The van der Waals surface area contributed by atoms with Crippen molar-refractivity contribution < 1.29 is 29.0 Å². The molecule has 2 aliphatic rings. The molecule has 1 unspecified atom stereocenters. The SMILES string of the molecule is O=C(O)CCCCCC[C@H]1C(=O)C[C@@H](OC2CCCCO2)[C@H]1C=CC(=O)CCCCCl. The number of alkyl halides is 1. The fourth-order valence-electron chi connectivity index (χ4n) is 4.41. The number of carbonyl (C=O) groups excluding carboxylic acids is 2. The molecule has 0 aromatic carbocycles. The maximum Gasteiger partial charge on any atom is 0.303 e. The third kappa shape index (κ3) is 9.84. The van der Waals surface area contributed by atoms with Crippen molar-refractivity contribution in [3.8, 4) is 0 Å². The predicted molar refractivity (Wildman–Crippen MR) is 119 cm³/mol. The molecule has 0 aromatic rings. The molecule has 4 atom stereocenters. The van der Waals surface area contributed by atoms with E-state index in [1.807, 2.05) is 6.08 Å². The van der Waals surface area contributed by atoms with Gasteiger partial charge >= 0.3 is 5.97 Å². The number of ketones is 2. The lowest BCUT2D eigenvalue weighted by Crippen LogP contribution is -2.30. The summed E-state index contributed by atoms with van der Waals surface area (Å²) < 4.78 is 11.9. The summed E-state index contributed by atoms with van der Waals surface area (Å²) in [6, 6.07) is 0. The molecule has 1 saturated heterocycles. The van der Waals surface area contributed by atoms with E-state index in [0.717, 1.165) is 57.8 Å². The second-order valence-electron chi connectivity index (χ2n) is 8.64. The van der Waals surface area contributed by atoms with E-state index in [1.165, 1.54) is 0 Å². The molecule has 1 aliphatic carbocycles. The zero-order chi connectivity index (χ0) is 22.5. The van der Waals surface area contributed by atoms with Crippen LogP contribution in [0.25, 0.3) is 0 Å². The van der Waals surface area contributed by atoms with E-state index in [4.69, 9.17) is 26.2 Å². The van der Waals surface area contributed by atoms with Crippen molar-refractivity contribution in [2.24, 2.45) is 11.8 Å². The van der Waals surface area contributed by atoms with E-state index >= 15 is 0 Å². The Bertz CT molecular complexity index is 599. The summed E-state index contributed by atoms with van der Waals surface area (Å²) in [4.78, 5) is 35.6. The highest BCUT2D eigenvalue weighted by atomic mass is 35.5. The number of Topliss-reactive ketones (excluding diaryl/α,β-unsaturated/α-hetero) is 1. The van der Waals surface area contributed by atoms with Gasteiger partial charge in [-0.3, -0.25) is 14.4 Å². The highest BCUT2D eigenvalue weighted by molar-refractivity contribution is 6.17.